The number of hydrogen-bond acceptors (Lipinski definition) is 7. The number of para-hydroxylation sites is 1. The van der Waals surface area contributed by atoms with Crippen molar-refractivity contribution < 1.29 is 33.8 Å². The Balaban J connectivity index is 1.47. The maximum atomic E-state index is 15.0. The smallest absolute Gasteiger partial charge is 0.313 e. The number of nitrogens with zero attached hydrogens (tertiary/aromatic N) is 2. The van der Waals surface area contributed by atoms with E-state index in [-0.39, 0.29) is 50.4 Å². The number of allylic oxidation sites excluding steroid dienone is 1. The summed E-state index contributed by atoms with van der Waals surface area (Å²) in [7, 11) is 0. The number of likely N-dealkylation sites (tertiary alicyclic amines) is 1. The molecule has 3 amide bonds. The van der Waals surface area contributed by atoms with Gasteiger partial charge in [-0.3, -0.25) is 19.2 Å². The highest BCUT2D eigenvalue weighted by molar-refractivity contribution is 9.11. The van der Waals surface area contributed by atoms with Gasteiger partial charge in [-0.05, 0) is 55.9 Å². The number of aryl methyl sites for hydroxylation is 2. The number of fused-ring (bicyclic) bond motifs is 2. The number of unbranched alkanes of at least 4 members (excludes halogenated alkanes) is 1. The first-order chi connectivity index (χ1) is 22.7. The van der Waals surface area contributed by atoms with Crippen molar-refractivity contribution in [3.8, 4) is 0 Å². The molecule has 2 fully saturated rings. The molecule has 1 spiro atoms. The van der Waals surface area contributed by atoms with Gasteiger partial charge in [0.1, 0.15) is 29.8 Å². The van der Waals surface area contributed by atoms with E-state index in [1.54, 1.807) is 15.9 Å². The molecule has 6 atom stereocenters. The lowest BCUT2D eigenvalue weighted by molar-refractivity contribution is -0.159. The number of esters is 1. The lowest BCUT2D eigenvalue weighted by Gasteiger charge is -2.36. The normalized spacial score (nSPS) is 30.2. The number of amides is 3. The van der Waals surface area contributed by atoms with Crippen molar-refractivity contribution in [2.24, 2.45) is 11.8 Å². The molecule has 248 valence electrons. The summed E-state index contributed by atoms with van der Waals surface area (Å²) in [5, 5.41) is 12.4. The number of anilines is 1. The first-order valence-electron chi connectivity index (χ1n) is 16.2. The lowest BCUT2D eigenvalue weighted by atomic mass is 9.74. The molecule has 4 aliphatic heterocycles. The van der Waals surface area contributed by atoms with Gasteiger partial charge in [-0.15, -0.1) is 0 Å². The van der Waals surface area contributed by atoms with Crippen LogP contribution in [-0.4, -0.2) is 77.7 Å². The molecule has 47 heavy (non-hydrogen) atoms. The molecule has 0 aliphatic carbocycles. The molecular weight excluding hydrogens is 666 g/mol. The zero-order chi connectivity index (χ0) is 33.3. The minimum Gasteiger partial charge on any atom is -0.455 e. The molecule has 5 bridgehead atoms. The Morgan fingerprint density at radius 1 is 0.979 bits per heavy atom. The van der Waals surface area contributed by atoms with Crippen LogP contribution in [0.1, 0.15) is 48.5 Å². The first-order valence-corrected chi connectivity index (χ1v) is 17.0. The van der Waals surface area contributed by atoms with Gasteiger partial charge < -0.3 is 29.7 Å². The summed E-state index contributed by atoms with van der Waals surface area (Å²) < 4.78 is 13.3. The van der Waals surface area contributed by atoms with E-state index in [2.05, 4.69) is 21.2 Å². The second kappa shape index (κ2) is 13.7. The predicted octanol–water partition coefficient (Wildman–Crippen LogP) is 4.03. The predicted molar refractivity (Wildman–Crippen MR) is 178 cm³/mol. The van der Waals surface area contributed by atoms with E-state index < -0.39 is 41.7 Å². The number of hydrogen-bond donors (Lipinski definition) is 2. The first kappa shape index (κ1) is 33.1. The number of nitrogens with one attached hydrogen (secondary N) is 1. The van der Waals surface area contributed by atoms with Crippen LogP contribution >= 0.6 is 15.9 Å². The second-order valence-corrected chi connectivity index (χ2v) is 13.5. The maximum absolute atomic E-state index is 15.0. The monoisotopic (exact) mass is 705 g/mol. The number of carbonyl (C=O) groups excluding carboxylic acids is 4. The fourth-order valence-corrected chi connectivity index (χ4v) is 8.23. The average Bonchev–Trinajstić information content (AvgIpc) is 3.64. The molecular formula is C36H40BrN3O7. The summed E-state index contributed by atoms with van der Waals surface area (Å²) in [6.07, 6.45) is 5.51. The quantitative estimate of drug-likeness (QED) is 0.264. The van der Waals surface area contributed by atoms with Crippen LogP contribution in [0, 0.1) is 25.7 Å². The van der Waals surface area contributed by atoms with E-state index in [4.69, 9.17) is 9.47 Å². The van der Waals surface area contributed by atoms with E-state index in [1.165, 1.54) is 0 Å². The van der Waals surface area contributed by atoms with Crippen LogP contribution in [0.3, 0.4) is 0 Å². The Morgan fingerprint density at radius 3 is 2.45 bits per heavy atom. The van der Waals surface area contributed by atoms with Crippen LogP contribution < -0.4 is 10.2 Å². The van der Waals surface area contributed by atoms with Crippen molar-refractivity contribution in [1.82, 2.24) is 10.2 Å². The number of ether oxygens (including phenoxy) is 2. The van der Waals surface area contributed by atoms with Crippen LogP contribution in [0.4, 0.5) is 5.69 Å². The SMILES string of the molecule is Cc1cccc(C)c1N1C/C=C\CCC(=O)NC[C@@H](c2ccccc2)OC(=O)[C@@H]2[C@H]3O[C@@]4(C=C3Br)[C@H](C1=O)N(CCCCO)C(=O)[C@@H]24. The van der Waals surface area contributed by atoms with Crippen LogP contribution in [0.25, 0.3) is 0 Å². The number of halogens is 1. The number of rotatable bonds is 6. The molecule has 4 aliphatic rings. The molecule has 11 heteroatoms. The summed E-state index contributed by atoms with van der Waals surface area (Å²) in [4.78, 5) is 59.8. The van der Waals surface area contributed by atoms with Gasteiger partial charge in [-0.1, -0.05) is 76.6 Å². The third-order valence-electron chi connectivity index (χ3n) is 9.62. The molecule has 2 saturated heterocycles. The molecule has 0 aromatic heterocycles. The van der Waals surface area contributed by atoms with Crippen LogP contribution in [0.15, 0.2) is 71.2 Å². The molecule has 2 aromatic rings. The molecule has 6 rings (SSSR count). The average molecular weight is 707 g/mol. The van der Waals surface area contributed by atoms with Crippen LogP contribution in [-0.2, 0) is 28.7 Å². The van der Waals surface area contributed by atoms with Crippen molar-refractivity contribution in [2.45, 2.75) is 63.4 Å². The van der Waals surface area contributed by atoms with E-state index in [9.17, 15) is 19.5 Å². The Morgan fingerprint density at radius 2 is 1.72 bits per heavy atom. The summed E-state index contributed by atoms with van der Waals surface area (Å²) in [6.45, 7) is 4.31. The zero-order valence-electron chi connectivity index (χ0n) is 26.6. The summed E-state index contributed by atoms with van der Waals surface area (Å²) in [5.74, 6) is -3.54. The fraction of sp³-hybridized carbons (Fsp3) is 0.444. The lowest BCUT2D eigenvalue weighted by Crippen LogP contribution is -2.56. The topological polar surface area (TPSA) is 125 Å². The molecule has 0 unspecified atom stereocenters. The molecule has 0 saturated carbocycles. The highest BCUT2D eigenvalue weighted by atomic mass is 79.9. The zero-order valence-corrected chi connectivity index (χ0v) is 28.1. The number of cyclic esters (lactones) is 1. The van der Waals surface area contributed by atoms with Gasteiger partial charge in [0.05, 0.1) is 12.5 Å². The van der Waals surface area contributed by atoms with Gasteiger partial charge in [-0.2, -0.15) is 0 Å². The summed E-state index contributed by atoms with van der Waals surface area (Å²) >= 11 is 3.60. The van der Waals surface area contributed by atoms with Gasteiger partial charge in [0, 0.05) is 36.3 Å². The van der Waals surface area contributed by atoms with Crippen LogP contribution in [0.5, 0.6) is 0 Å². The fourth-order valence-electron chi connectivity index (χ4n) is 7.49. The van der Waals surface area contributed by atoms with Gasteiger partial charge in [-0.25, -0.2) is 0 Å². The van der Waals surface area contributed by atoms with Crippen LogP contribution in [0.2, 0.25) is 0 Å². The minimum absolute atomic E-state index is 0.0507. The molecule has 2 N–H and O–H groups in total. The highest BCUT2D eigenvalue weighted by Gasteiger charge is 2.75. The Labute approximate surface area is 282 Å². The molecule has 0 radical (unpaired) electrons. The van der Waals surface area contributed by atoms with E-state index in [1.807, 2.05) is 74.5 Å². The Bertz CT molecular complexity index is 1590. The van der Waals surface area contributed by atoms with Crippen molar-refractivity contribution >= 4 is 45.3 Å². The molecule has 4 heterocycles. The van der Waals surface area contributed by atoms with Crippen molar-refractivity contribution in [1.29, 1.82) is 0 Å². The summed E-state index contributed by atoms with van der Waals surface area (Å²) in [6, 6.07) is 13.9. The minimum atomic E-state index is -1.41. The Kier molecular flexibility index (Phi) is 9.68. The third kappa shape index (κ3) is 6.05. The molecule has 2 aromatic carbocycles. The third-order valence-corrected chi connectivity index (χ3v) is 10.3. The van der Waals surface area contributed by atoms with E-state index in [0.29, 0.717) is 29.3 Å². The maximum Gasteiger partial charge on any atom is 0.313 e. The van der Waals surface area contributed by atoms with Crippen molar-refractivity contribution in [2.75, 3.05) is 31.1 Å². The largest absolute Gasteiger partial charge is 0.455 e. The number of benzene rings is 2. The summed E-state index contributed by atoms with van der Waals surface area (Å²) in [5.41, 5.74) is 1.81. The van der Waals surface area contributed by atoms with Gasteiger partial charge in [0.25, 0.3) is 5.91 Å². The van der Waals surface area contributed by atoms with Gasteiger partial charge >= 0.3 is 5.97 Å². The van der Waals surface area contributed by atoms with E-state index in [0.717, 1.165) is 16.8 Å². The highest BCUT2D eigenvalue weighted by Crippen LogP contribution is 2.59. The Hall–Kier alpha value is -3.80. The standard InChI is InChI=1S/C36H40BrN3O7/c1-22-12-11-13-23(2)30(22)39-17-8-4-7-16-27(42)38-21-26(24-14-5-3-6-15-24)46-35(45)28-29-33(43)40(18-9-10-19-41)32(34(39)44)36(29)20-25(37)31(28)47-36/h3-6,8,11-15,20,26,28-29,31-32,41H,7,9-10,16-19,21H2,1-2H3,(H,38,42)/b8-4-/t26-,28-,29+,31-,32-,36+/m0/s1. The number of aliphatic hydroxyl groups excluding tert-OH is 1. The van der Waals surface area contributed by atoms with Crippen molar-refractivity contribution in [3.05, 3.63) is 87.9 Å². The van der Waals surface area contributed by atoms with Crippen molar-refractivity contribution in [3.63, 3.8) is 0 Å². The second-order valence-electron chi connectivity index (χ2n) is 12.6. The number of carbonyl (C=O) groups is 4. The molecule has 10 nitrogen and oxygen atoms in total. The van der Waals surface area contributed by atoms with E-state index >= 15 is 4.79 Å². The number of aliphatic hydroxyl groups is 1. The van der Waals surface area contributed by atoms with Gasteiger partial charge in [0.15, 0.2) is 0 Å². The van der Waals surface area contributed by atoms with Gasteiger partial charge in [0.2, 0.25) is 11.8 Å².